The summed E-state index contributed by atoms with van der Waals surface area (Å²) in [4.78, 5) is 11.9. The molecule has 0 radical (unpaired) electrons. The highest BCUT2D eigenvalue weighted by atomic mass is 35.5. The van der Waals surface area contributed by atoms with Gasteiger partial charge >= 0.3 is 0 Å². The largest absolute Gasteiger partial charge is 0.373 e. The number of anilines is 4. The van der Waals surface area contributed by atoms with Crippen molar-refractivity contribution >= 4 is 45.3 Å². The second kappa shape index (κ2) is 11.2. The molecule has 0 unspecified atom stereocenters. The zero-order chi connectivity index (χ0) is 29.2. The molecule has 1 aliphatic heterocycles. The molecule has 9 nitrogen and oxygen atoms in total. The third kappa shape index (κ3) is 5.34. The van der Waals surface area contributed by atoms with Crippen molar-refractivity contribution in [1.29, 1.82) is 5.26 Å². The lowest BCUT2D eigenvalue weighted by molar-refractivity contribution is 0.480. The molecule has 42 heavy (non-hydrogen) atoms. The van der Waals surface area contributed by atoms with Crippen LogP contribution < -0.4 is 26.6 Å². The van der Waals surface area contributed by atoms with Gasteiger partial charge in [-0.25, -0.2) is 13.8 Å². The number of hydrogen-bond acceptors (Lipinski definition) is 9. The molecule has 1 atom stereocenters. The van der Waals surface area contributed by atoms with Crippen LogP contribution >= 0.6 is 11.6 Å². The number of halogens is 4. The van der Waals surface area contributed by atoms with Crippen molar-refractivity contribution in [3.05, 3.63) is 125 Å². The molecule has 0 saturated carbocycles. The lowest BCUT2D eigenvalue weighted by Gasteiger charge is -2.22. The Hall–Kier alpha value is -5.38. The van der Waals surface area contributed by atoms with E-state index < -0.39 is 17.8 Å². The summed E-state index contributed by atoms with van der Waals surface area (Å²) in [5, 5.41) is 18.6. The predicted molar refractivity (Wildman–Crippen MR) is 153 cm³/mol. The van der Waals surface area contributed by atoms with Crippen LogP contribution in [-0.4, -0.2) is 15.0 Å². The first-order valence-electron chi connectivity index (χ1n) is 12.4. The minimum absolute atomic E-state index is 0.124. The number of hydrogen-bond donors (Lipinski definition) is 4. The fraction of sp³-hybridized carbons (Fsp3) is 0.0345. The average Bonchev–Trinajstić information content (AvgIpc) is 3.49. The standard InChI is InChI=1S/C29H19ClF3N9/c30-23-9-19(8-22-26(17(11-34)12-36-28(22)23)39-20-10-24(32)29(33)37-13-20)38-27(16-3-5-18(31)6-4-16)25-15-42(41-40-25)21-2-1-7-35-14-21/h1-10,12-15,27,38,40-41H,(H,36,39)/t27-/m0/s1. The van der Waals surface area contributed by atoms with E-state index in [9.17, 15) is 18.4 Å². The highest BCUT2D eigenvalue weighted by Crippen LogP contribution is 2.37. The van der Waals surface area contributed by atoms with Crippen LogP contribution in [0.1, 0.15) is 17.2 Å². The van der Waals surface area contributed by atoms with Gasteiger partial charge in [-0.2, -0.15) is 9.65 Å². The Kier molecular flexibility index (Phi) is 7.18. The Balaban J connectivity index is 1.42. The molecule has 4 heterocycles. The zero-order valence-corrected chi connectivity index (χ0v) is 22.2. The molecule has 0 aliphatic carbocycles. The maximum atomic E-state index is 13.9. The van der Waals surface area contributed by atoms with E-state index in [1.807, 2.05) is 12.3 Å². The molecular weight excluding hydrogens is 567 g/mol. The van der Waals surface area contributed by atoms with E-state index in [1.54, 1.807) is 47.7 Å². The number of hydrazine groups is 2. The van der Waals surface area contributed by atoms with Crippen molar-refractivity contribution in [2.45, 2.75) is 6.04 Å². The van der Waals surface area contributed by atoms with Gasteiger partial charge in [0, 0.05) is 35.7 Å². The monoisotopic (exact) mass is 585 g/mol. The first-order valence-corrected chi connectivity index (χ1v) is 12.8. The van der Waals surface area contributed by atoms with Gasteiger partial charge in [0.15, 0.2) is 5.82 Å². The maximum absolute atomic E-state index is 13.9. The highest BCUT2D eigenvalue weighted by molar-refractivity contribution is 6.36. The predicted octanol–water partition coefficient (Wildman–Crippen LogP) is 6.23. The van der Waals surface area contributed by atoms with Crippen LogP contribution in [0.25, 0.3) is 10.9 Å². The summed E-state index contributed by atoms with van der Waals surface area (Å²) < 4.78 is 41.1. The van der Waals surface area contributed by atoms with E-state index in [0.717, 1.165) is 23.5 Å². The van der Waals surface area contributed by atoms with Crippen LogP contribution in [0, 0.1) is 28.9 Å². The fourth-order valence-electron chi connectivity index (χ4n) is 4.47. The molecule has 1 aliphatic rings. The van der Waals surface area contributed by atoms with Crippen LogP contribution in [0.5, 0.6) is 0 Å². The lowest BCUT2D eigenvalue weighted by atomic mass is 10.0. The van der Waals surface area contributed by atoms with E-state index in [1.165, 1.54) is 18.3 Å². The zero-order valence-electron chi connectivity index (χ0n) is 21.4. The van der Waals surface area contributed by atoms with Crippen molar-refractivity contribution in [3.8, 4) is 6.07 Å². The first-order chi connectivity index (χ1) is 20.4. The average molecular weight is 586 g/mol. The van der Waals surface area contributed by atoms with Gasteiger partial charge in [0.25, 0.3) is 0 Å². The number of nitrogens with one attached hydrogen (secondary N) is 4. The Morgan fingerprint density at radius 1 is 0.976 bits per heavy atom. The van der Waals surface area contributed by atoms with Crippen molar-refractivity contribution in [2.24, 2.45) is 0 Å². The molecule has 5 aromatic rings. The van der Waals surface area contributed by atoms with Crippen LogP contribution in [0.3, 0.4) is 0 Å². The second-order valence-corrected chi connectivity index (χ2v) is 9.57. The molecule has 2 aromatic carbocycles. The molecule has 208 valence electrons. The summed E-state index contributed by atoms with van der Waals surface area (Å²) in [6, 6.07) is 15.6. The number of nitrogens with zero attached hydrogens (tertiary/aromatic N) is 5. The lowest BCUT2D eigenvalue weighted by Crippen LogP contribution is -2.37. The first kappa shape index (κ1) is 26.8. The SMILES string of the molecule is N#Cc1cnc2c(Cl)cc(N[C@H](C3=CN(c4cccnc4)NN3)c3ccc(F)cc3)cc2c1Nc1cnc(F)c(F)c1. The van der Waals surface area contributed by atoms with Crippen molar-refractivity contribution in [3.63, 3.8) is 0 Å². The number of benzene rings is 2. The minimum atomic E-state index is -1.24. The van der Waals surface area contributed by atoms with Gasteiger partial charge in [-0.15, -0.1) is 5.53 Å². The van der Waals surface area contributed by atoms with Gasteiger partial charge in [-0.1, -0.05) is 23.7 Å². The van der Waals surface area contributed by atoms with Gasteiger partial charge in [0.2, 0.25) is 5.95 Å². The van der Waals surface area contributed by atoms with E-state index in [-0.39, 0.29) is 27.8 Å². The summed E-state index contributed by atoms with van der Waals surface area (Å²) in [5.74, 6) is -2.77. The number of aromatic nitrogens is 3. The molecular formula is C29H19ClF3N9. The molecule has 0 fully saturated rings. The van der Waals surface area contributed by atoms with Crippen molar-refractivity contribution < 1.29 is 13.2 Å². The summed E-state index contributed by atoms with van der Waals surface area (Å²) in [6.07, 6.45) is 7.64. The molecule has 4 N–H and O–H groups in total. The van der Waals surface area contributed by atoms with Crippen LogP contribution in [0.2, 0.25) is 5.02 Å². The molecule has 0 saturated heterocycles. The highest BCUT2D eigenvalue weighted by Gasteiger charge is 2.24. The van der Waals surface area contributed by atoms with Gasteiger partial charge in [-0.05, 0) is 42.0 Å². The Bertz CT molecular complexity index is 1860. The summed E-state index contributed by atoms with van der Waals surface area (Å²) in [5.41, 5.74) is 9.87. The maximum Gasteiger partial charge on any atom is 0.249 e. The van der Waals surface area contributed by atoms with Gasteiger partial charge < -0.3 is 16.1 Å². The molecule has 13 heteroatoms. The topological polar surface area (TPSA) is 114 Å². The quantitative estimate of drug-likeness (QED) is 0.165. The third-order valence-electron chi connectivity index (χ3n) is 6.45. The Labute approximate surface area is 242 Å². The molecule has 0 amide bonds. The number of rotatable bonds is 7. The van der Waals surface area contributed by atoms with Crippen LogP contribution in [-0.2, 0) is 0 Å². The van der Waals surface area contributed by atoms with Crippen LogP contribution in [0.4, 0.5) is 35.9 Å². The molecule has 0 bridgehead atoms. The fourth-order valence-corrected chi connectivity index (χ4v) is 4.74. The normalized spacial score (nSPS) is 13.3. The number of nitriles is 1. The van der Waals surface area contributed by atoms with E-state index >= 15 is 0 Å². The summed E-state index contributed by atoms with van der Waals surface area (Å²) in [7, 11) is 0. The minimum Gasteiger partial charge on any atom is -0.373 e. The van der Waals surface area contributed by atoms with Gasteiger partial charge in [0.1, 0.15) is 11.9 Å². The molecule has 0 spiro atoms. The summed E-state index contributed by atoms with van der Waals surface area (Å²) >= 11 is 6.65. The number of pyridine rings is 3. The van der Waals surface area contributed by atoms with E-state index in [0.29, 0.717) is 22.3 Å². The van der Waals surface area contributed by atoms with Crippen molar-refractivity contribution in [2.75, 3.05) is 15.6 Å². The van der Waals surface area contributed by atoms with Gasteiger partial charge in [0.05, 0.1) is 57.3 Å². The van der Waals surface area contributed by atoms with Crippen LogP contribution in [0.15, 0.2) is 91.3 Å². The molecule has 3 aromatic heterocycles. The van der Waals surface area contributed by atoms with E-state index in [2.05, 4.69) is 42.6 Å². The van der Waals surface area contributed by atoms with Crippen molar-refractivity contribution in [1.82, 2.24) is 25.9 Å². The smallest absolute Gasteiger partial charge is 0.249 e. The van der Waals surface area contributed by atoms with Gasteiger partial charge in [-0.3, -0.25) is 15.0 Å². The third-order valence-corrected chi connectivity index (χ3v) is 6.74. The summed E-state index contributed by atoms with van der Waals surface area (Å²) in [6.45, 7) is 0. The van der Waals surface area contributed by atoms with E-state index in [4.69, 9.17) is 11.6 Å². The number of fused-ring (bicyclic) bond motifs is 1. The second-order valence-electron chi connectivity index (χ2n) is 9.17. The molecule has 6 rings (SSSR count). The Morgan fingerprint density at radius 2 is 1.81 bits per heavy atom. The Morgan fingerprint density at radius 3 is 2.55 bits per heavy atom.